The number of aryl methyl sites for hydroxylation is 2. The van der Waals surface area contributed by atoms with Crippen molar-refractivity contribution in [2.45, 2.75) is 26.8 Å². The summed E-state index contributed by atoms with van der Waals surface area (Å²) in [5, 5.41) is 10.2. The van der Waals surface area contributed by atoms with Crippen LogP contribution in [0.1, 0.15) is 29.7 Å². The number of hydrogen-bond acceptors (Lipinski definition) is 2. The smallest absolute Gasteiger partial charge is 0.255 e. The van der Waals surface area contributed by atoms with Crippen molar-refractivity contribution in [1.29, 1.82) is 0 Å². The van der Waals surface area contributed by atoms with Gasteiger partial charge < -0.3 is 16.0 Å². The van der Waals surface area contributed by atoms with E-state index in [1.165, 1.54) is 5.56 Å². The summed E-state index contributed by atoms with van der Waals surface area (Å²) in [4.78, 5) is 13.0. The average Bonchev–Trinajstić information content (AvgIpc) is 2.57. The van der Waals surface area contributed by atoms with Crippen LogP contribution in [0.5, 0.6) is 0 Å². The van der Waals surface area contributed by atoms with Gasteiger partial charge in [-0.2, -0.15) is 0 Å². The van der Waals surface area contributed by atoms with Gasteiger partial charge in [0.2, 0.25) is 0 Å². The lowest BCUT2D eigenvalue weighted by Gasteiger charge is -2.30. The quantitative estimate of drug-likeness (QED) is 0.686. The van der Waals surface area contributed by atoms with Gasteiger partial charge in [0.05, 0.1) is 11.6 Å². The topological polar surface area (TPSA) is 53.2 Å². The van der Waals surface area contributed by atoms with Crippen LogP contribution < -0.4 is 16.0 Å². The summed E-state index contributed by atoms with van der Waals surface area (Å²) in [6, 6.07) is 12.9. The molecule has 0 saturated heterocycles. The van der Waals surface area contributed by atoms with E-state index in [1.54, 1.807) is 6.07 Å². The van der Waals surface area contributed by atoms with Gasteiger partial charge in [0, 0.05) is 16.4 Å². The molecule has 3 rings (SSSR count). The van der Waals surface area contributed by atoms with Gasteiger partial charge in [-0.25, -0.2) is 0 Å². The number of anilines is 1. The molecule has 0 fully saturated rings. The van der Waals surface area contributed by atoms with Crippen molar-refractivity contribution in [3.05, 3.63) is 75.4 Å². The van der Waals surface area contributed by atoms with E-state index >= 15 is 0 Å². The summed E-state index contributed by atoms with van der Waals surface area (Å²) >= 11 is 11.6. The normalized spacial score (nSPS) is 16.8. The van der Waals surface area contributed by atoms with E-state index in [-0.39, 0.29) is 5.91 Å². The fourth-order valence-corrected chi connectivity index (χ4v) is 3.47. The molecule has 0 radical (unpaired) electrons. The van der Waals surface area contributed by atoms with Crippen molar-refractivity contribution in [2.24, 2.45) is 0 Å². The van der Waals surface area contributed by atoms with Gasteiger partial charge in [-0.1, -0.05) is 35.9 Å². The highest BCUT2D eigenvalue weighted by Gasteiger charge is 2.31. The monoisotopic (exact) mass is 385 g/mol. The molecule has 0 bridgehead atoms. The summed E-state index contributed by atoms with van der Waals surface area (Å²) < 4.78 is 0. The molecule has 1 amide bonds. The van der Waals surface area contributed by atoms with Gasteiger partial charge >= 0.3 is 0 Å². The Balaban J connectivity index is 1.97. The number of nitrogens with one attached hydrogen (secondary N) is 3. The number of thiocarbonyl (C=S) groups is 1. The molecule has 134 valence electrons. The minimum atomic E-state index is -0.413. The van der Waals surface area contributed by atoms with E-state index in [4.69, 9.17) is 23.8 Å². The predicted octanol–water partition coefficient (Wildman–Crippen LogP) is 4.39. The SMILES string of the molecule is CC1=C(C(=O)Nc2ccc(C)c(C)c2)C(c2ccccc2Cl)NC(=S)N1. The molecular formula is C20H20ClN3OS. The summed E-state index contributed by atoms with van der Waals surface area (Å²) in [6.45, 7) is 5.90. The molecule has 1 atom stereocenters. The Morgan fingerprint density at radius 1 is 1.12 bits per heavy atom. The van der Waals surface area contributed by atoms with E-state index in [2.05, 4.69) is 16.0 Å². The fourth-order valence-electron chi connectivity index (χ4n) is 2.95. The van der Waals surface area contributed by atoms with Crippen LogP contribution in [0.15, 0.2) is 53.7 Å². The lowest BCUT2D eigenvalue weighted by atomic mass is 9.94. The third-order valence-corrected chi connectivity index (χ3v) is 5.06. The molecule has 1 aliphatic heterocycles. The molecule has 3 N–H and O–H groups in total. The van der Waals surface area contributed by atoms with Crippen LogP contribution in [0.2, 0.25) is 5.02 Å². The number of carbonyl (C=O) groups excluding carboxylic acids is 1. The summed E-state index contributed by atoms with van der Waals surface area (Å²) in [5.41, 5.74) is 5.13. The molecule has 0 aromatic heterocycles. The second kappa shape index (κ2) is 7.48. The van der Waals surface area contributed by atoms with E-state index < -0.39 is 6.04 Å². The summed E-state index contributed by atoms with van der Waals surface area (Å²) in [7, 11) is 0. The third kappa shape index (κ3) is 3.74. The maximum Gasteiger partial charge on any atom is 0.255 e. The molecule has 1 heterocycles. The van der Waals surface area contributed by atoms with Crippen LogP contribution in [0.4, 0.5) is 5.69 Å². The second-order valence-corrected chi connectivity index (χ2v) is 7.16. The molecule has 4 nitrogen and oxygen atoms in total. The van der Waals surface area contributed by atoms with E-state index in [0.717, 1.165) is 16.8 Å². The van der Waals surface area contributed by atoms with Crippen molar-refractivity contribution < 1.29 is 4.79 Å². The van der Waals surface area contributed by atoms with Gasteiger partial charge in [0.15, 0.2) is 5.11 Å². The first kappa shape index (κ1) is 18.4. The molecule has 0 spiro atoms. The molecule has 1 unspecified atom stereocenters. The van der Waals surface area contributed by atoms with E-state index in [1.807, 2.05) is 57.2 Å². The van der Waals surface area contributed by atoms with Crippen LogP contribution in [0.25, 0.3) is 0 Å². The van der Waals surface area contributed by atoms with Gasteiger partial charge in [-0.15, -0.1) is 0 Å². The number of benzene rings is 2. The third-order valence-electron chi connectivity index (χ3n) is 4.49. The number of rotatable bonds is 3. The van der Waals surface area contributed by atoms with Crippen LogP contribution in [-0.4, -0.2) is 11.0 Å². The standard InChI is InChI=1S/C20H20ClN3OS/c1-11-8-9-14(10-12(11)2)23-19(25)17-13(3)22-20(26)24-18(17)15-6-4-5-7-16(15)21/h4-10,18H,1-3H3,(H,23,25)(H2,22,24,26). The molecule has 1 aliphatic rings. The predicted molar refractivity (Wildman–Crippen MR) is 110 cm³/mol. The number of allylic oxidation sites excluding steroid dienone is 1. The Morgan fingerprint density at radius 2 is 1.85 bits per heavy atom. The zero-order valence-corrected chi connectivity index (χ0v) is 16.4. The van der Waals surface area contributed by atoms with Crippen molar-refractivity contribution in [3.8, 4) is 0 Å². The van der Waals surface area contributed by atoms with Crippen molar-refractivity contribution >= 4 is 40.5 Å². The second-order valence-electron chi connectivity index (χ2n) is 6.34. The minimum absolute atomic E-state index is 0.196. The molecular weight excluding hydrogens is 366 g/mol. The highest BCUT2D eigenvalue weighted by Crippen LogP contribution is 2.32. The summed E-state index contributed by atoms with van der Waals surface area (Å²) in [5.74, 6) is -0.196. The maximum absolute atomic E-state index is 13.0. The highest BCUT2D eigenvalue weighted by molar-refractivity contribution is 7.80. The molecule has 0 saturated carbocycles. The number of carbonyl (C=O) groups is 1. The Bertz CT molecular complexity index is 923. The van der Waals surface area contributed by atoms with Crippen LogP contribution in [0.3, 0.4) is 0 Å². The number of hydrogen-bond donors (Lipinski definition) is 3. The first-order chi connectivity index (χ1) is 12.4. The molecule has 26 heavy (non-hydrogen) atoms. The lowest BCUT2D eigenvalue weighted by Crippen LogP contribution is -2.45. The first-order valence-corrected chi connectivity index (χ1v) is 9.06. The molecule has 0 aliphatic carbocycles. The van der Waals surface area contributed by atoms with Gasteiger partial charge in [-0.05, 0) is 67.9 Å². The van der Waals surface area contributed by atoms with Gasteiger partial charge in [0.25, 0.3) is 5.91 Å². The lowest BCUT2D eigenvalue weighted by molar-refractivity contribution is -0.113. The zero-order chi connectivity index (χ0) is 18.8. The fraction of sp³-hybridized carbons (Fsp3) is 0.200. The zero-order valence-electron chi connectivity index (χ0n) is 14.8. The van der Waals surface area contributed by atoms with Crippen molar-refractivity contribution in [2.75, 3.05) is 5.32 Å². The van der Waals surface area contributed by atoms with Crippen molar-refractivity contribution in [3.63, 3.8) is 0 Å². The van der Waals surface area contributed by atoms with Crippen LogP contribution in [0, 0.1) is 13.8 Å². The Hall–Kier alpha value is -2.37. The number of halogens is 1. The Kier molecular flexibility index (Phi) is 5.30. The van der Waals surface area contributed by atoms with Gasteiger partial charge in [-0.3, -0.25) is 4.79 Å². The largest absolute Gasteiger partial charge is 0.351 e. The Labute approximate surface area is 163 Å². The van der Waals surface area contributed by atoms with Gasteiger partial charge in [0.1, 0.15) is 0 Å². The minimum Gasteiger partial charge on any atom is -0.351 e. The summed E-state index contributed by atoms with van der Waals surface area (Å²) in [6.07, 6.45) is 0. The maximum atomic E-state index is 13.0. The molecule has 2 aromatic rings. The molecule has 6 heteroatoms. The first-order valence-electron chi connectivity index (χ1n) is 8.28. The van der Waals surface area contributed by atoms with Crippen LogP contribution >= 0.6 is 23.8 Å². The van der Waals surface area contributed by atoms with E-state index in [0.29, 0.717) is 21.4 Å². The van der Waals surface area contributed by atoms with E-state index in [9.17, 15) is 4.79 Å². The van der Waals surface area contributed by atoms with Crippen LogP contribution in [-0.2, 0) is 4.79 Å². The number of amides is 1. The highest BCUT2D eigenvalue weighted by atomic mass is 35.5. The average molecular weight is 386 g/mol. The van der Waals surface area contributed by atoms with Crippen molar-refractivity contribution in [1.82, 2.24) is 10.6 Å². The molecule has 2 aromatic carbocycles. The Morgan fingerprint density at radius 3 is 2.54 bits per heavy atom.